The second-order valence-corrected chi connectivity index (χ2v) is 7.10. The van der Waals surface area contributed by atoms with Gasteiger partial charge in [0.05, 0.1) is 12.2 Å². The summed E-state index contributed by atoms with van der Waals surface area (Å²) in [5.41, 5.74) is 1.64. The van der Waals surface area contributed by atoms with E-state index in [1.54, 1.807) is 16.7 Å². The van der Waals surface area contributed by atoms with Crippen molar-refractivity contribution in [2.75, 3.05) is 5.32 Å². The predicted molar refractivity (Wildman–Crippen MR) is 104 cm³/mol. The number of halogens is 1. The first-order chi connectivity index (χ1) is 13.6. The summed E-state index contributed by atoms with van der Waals surface area (Å²) < 4.78 is 3.49. The molecule has 0 radical (unpaired) electrons. The molecule has 3 aromatic heterocycles. The molecule has 0 amide bonds. The minimum Gasteiger partial charge on any atom is -1.00 e. The number of nitrogens with zero attached hydrogens (tertiary/aromatic N) is 4. The minimum absolute atomic E-state index is 0. The van der Waals surface area contributed by atoms with E-state index < -0.39 is 4.92 Å². The number of anilines is 1. The van der Waals surface area contributed by atoms with Crippen LogP contribution in [0.4, 0.5) is 11.6 Å². The zero-order valence-electron chi connectivity index (χ0n) is 16.0. The van der Waals surface area contributed by atoms with Gasteiger partial charge in [0, 0.05) is 19.1 Å². The first-order valence-corrected chi connectivity index (χ1v) is 9.50. The Hall–Kier alpha value is -3.00. The van der Waals surface area contributed by atoms with Crippen molar-refractivity contribution in [1.82, 2.24) is 9.55 Å². The Bertz CT molecular complexity index is 1060. The van der Waals surface area contributed by atoms with Crippen molar-refractivity contribution in [3.05, 3.63) is 52.7 Å². The summed E-state index contributed by atoms with van der Waals surface area (Å²) >= 11 is 0. The average molecular weight is 416 g/mol. The summed E-state index contributed by atoms with van der Waals surface area (Å²) in [6, 6.07) is 10.6. The van der Waals surface area contributed by atoms with E-state index >= 15 is 0 Å². The monoisotopic (exact) mass is 415 g/mol. The topological polar surface area (TPSA) is 94.2 Å². The number of hydrogen-bond acceptors (Lipinski definition) is 5. The van der Waals surface area contributed by atoms with Gasteiger partial charge in [0.1, 0.15) is 0 Å². The lowest BCUT2D eigenvalue weighted by Crippen LogP contribution is -3.00. The first-order valence-electron chi connectivity index (χ1n) is 9.50. The molecule has 8 nitrogen and oxygen atoms in total. The van der Waals surface area contributed by atoms with E-state index in [1.165, 1.54) is 19.4 Å². The van der Waals surface area contributed by atoms with Crippen LogP contribution < -0.4 is 22.1 Å². The summed E-state index contributed by atoms with van der Waals surface area (Å²) in [6.45, 7) is 1.48. The van der Waals surface area contributed by atoms with Crippen LogP contribution in [0.5, 0.6) is 0 Å². The molecule has 0 bridgehead atoms. The highest BCUT2D eigenvalue weighted by atomic mass is 35.5. The van der Waals surface area contributed by atoms with Crippen molar-refractivity contribution < 1.29 is 26.5 Å². The molecule has 4 rings (SSSR count). The van der Waals surface area contributed by atoms with Gasteiger partial charge in [-0.1, -0.05) is 25.3 Å². The average Bonchev–Trinajstić information content (AvgIpc) is 3.03. The lowest BCUT2D eigenvalue weighted by Gasteiger charge is -2.20. The number of carbonyl (C=O) groups excluding carboxylic acids is 1. The van der Waals surface area contributed by atoms with E-state index in [4.69, 9.17) is 0 Å². The fourth-order valence-corrected chi connectivity index (χ4v) is 3.93. The summed E-state index contributed by atoms with van der Waals surface area (Å²) in [5.74, 6) is 0.320. The van der Waals surface area contributed by atoms with Gasteiger partial charge in [-0.25, -0.2) is 4.40 Å². The Morgan fingerprint density at radius 2 is 1.97 bits per heavy atom. The highest BCUT2D eigenvalue weighted by molar-refractivity contribution is 5.88. The van der Waals surface area contributed by atoms with Crippen molar-refractivity contribution in [3.63, 3.8) is 0 Å². The maximum atomic E-state index is 12.5. The van der Waals surface area contributed by atoms with E-state index in [1.807, 2.05) is 28.8 Å². The quantitative estimate of drug-likeness (QED) is 0.382. The molecule has 3 heterocycles. The molecule has 1 aliphatic carbocycles. The van der Waals surface area contributed by atoms with Crippen LogP contribution in [-0.2, 0) is 0 Å². The maximum Gasteiger partial charge on any atom is 0.364 e. The van der Waals surface area contributed by atoms with Crippen LogP contribution in [0.15, 0.2) is 42.6 Å². The van der Waals surface area contributed by atoms with Crippen LogP contribution in [0.2, 0.25) is 0 Å². The largest absolute Gasteiger partial charge is 1.00 e. The maximum absolute atomic E-state index is 12.5. The number of fused-ring (bicyclic) bond motifs is 1. The van der Waals surface area contributed by atoms with E-state index in [-0.39, 0.29) is 24.1 Å². The Morgan fingerprint density at radius 3 is 2.66 bits per heavy atom. The molecule has 0 spiro atoms. The normalized spacial score (nSPS) is 14.4. The number of nitro groups is 1. The zero-order valence-corrected chi connectivity index (χ0v) is 16.8. The van der Waals surface area contributed by atoms with Gasteiger partial charge in [0.15, 0.2) is 0 Å². The third kappa shape index (κ3) is 3.93. The third-order valence-corrected chi connectivity index (χ3v) is 5.18. The molecule has 152 valence electrons. The lowest BCUT2D eigenvalue weighted by molar-refractivity contribution is -0.495. The number of rotatable bonds is 4. The highest BCUT2D eigenvalue weighted by Gasteiger charge is 2.33. The molecule has 3 aromatic rings. The standard InChI is InChI=1S/C20H22N5O3.ClH/c1-14(26)24-18-12-5-6-13-23(18)20(21-15-8-3-2-4-9-15)19(24)16-10-7-11-17(22-16)25(27)28;/h5-7,10-13,15,21H,2-4,8-9H2,1H3;1H/q+1;/p-1. The number of aromatic nitrogens is 3. The van der Waals surface area contributed by atoms with Gasteiger partial charge in [-0.2, -0.15) is 4.57 Å². The van der Waals surface area contributed by atoms with Gasteiger partial charge in [-0.15, -0.1) is 0 Å². The van der Waals surface area contributed by atoms with E-state index in [0.717, 1.165) is 31.5 Å². The number of nitrogens with one attached hydrogen (secondary N) is 1. The molecule has 29 heavy (non-hydrogen) atoms. The van der Waals surface area contributed by atoms with Gasteiger partial charge in [-0.3, -0.25) is 10.1 Å². The highest BCUT2D eigenvalue weighted by Crippen LogP contribution is 2.31. The van der Waals surface area contributed by atoms with E-state index in [9.17, 15) is 14.9 Å². The van der Waals surface area contributed by atoms with Crippen LogP contribution in [0.3, 0.4) is 0 Å². The number of carbonyl (C=O) groups is 1. The van der Waals surface area contributed by atoms with Gasteiger partial charge in [-0.05, 0) is 40.9 Å². The Morgan fingerprint density at radius 1 is 1.21 bits per heavy atom. The van der Waals surface area contributed by atoms with Gasteiger partial charge < -0.3 is 22.5 Å². The molecule has 0 atom stereocenters. The summed E-state index contributed by atoms with van der Waals surface area (Å²) in [4.78, 5) is 27.5. The van der Waals surface area contributed by atoms with E-state index in [2.05, 4.69) is 10.3 Å². The minimum atomic E-state index is -0.522. The molecule has 1 aliphatic rings. The van der Waals surface area contributed by atoms with Gasteiger partial charge >= 0.3 is 5.82 Å². The van der Waals surface area contributed by atoms with Crippen molar-refractivity contribution >= 4 is 23.2 Å². The van der Waals surface area contributed by atoms with Crippen molar-refractivity contribution in [2.24, 2.45) is 0 Å². The van der Waals surface area contributed by atoms with Crippen LogP contribution in [-0.4, -0.2) is 26.4 Å². The van der Waals surface area contributed by atoms with Crippen LogP contribution in [0, 0.1) is 10.1 Å². The fourth-order valence-electron chi connectivity index (χ4n) is 3.93. The predicted octanol–water partition coefficient (Wildman–Crippen LogP) is 0.606. The fraction of sp³-hybridized carbons (Fsp3) is 0.350. The van der Waals surface area contributed by atoms with Gasteiger partial charge in [0.25, 0.3) is 11.7 Å². The first kappa shape index (κ1) is 20.7. The second kappa shape index (κ2) is 8.57. The molecule has 1 N–H and O–H groups in total. The van der Waals surface area contributed by atoms with Crippen molar-refractivity contribution in [2.45, 2.75) is 45.1 Å². The Labute approximate surface area is 174 Å². The second-order valence-electron chi connectivity index (χ2n) is 7.10. The number of hydrogen-bond donors (Lipinski definition) is 1. The lowest BCUT2D eigenvalue weighted by atomic mass is 9.95. The molecule has 1 fully saturated rings. The molecule has 0 aliphatic heterocycles. The molecule has 0 aromatic carbocycles. The summed E-state index contributed by atoms with van der Waals surface area (Å²) in [6.07, 6.45) is 7.57. The van der Waals surface area contributed by atoms with Crippen molar-refractivity contribution in [1.29, 1.82) is 0 Å². The molecule has 9 heteroatoms. The van der Waals surface area contributed by atoms with Crippen LogP contribution >= 0.6 is 0 Å². The van der Waals surface area contributed by atoms with E-state index in [0.29, 0.717) is 23.1 Å². The summed E-state index contributed by atoms with van der Waals surface area (Å²) in [7, 11) is 0. The molecule has 0 saturated heterocycles. The molecule has 1 saturated carbocycles. The van der Waals surface area contributed by atoms with Crippen LogP contribution in [0.25, 0.3) is 17.0 Å². The number of imidazole rings is 1. The third-order valence-electron chi connectivity index (χ3n) is 5.18. The number of pyridine rings is 2. The smallest absolute Gasteiger partial charge is 0.364 e. The molecular weight excluding hydrogens is 394 g/mol. The molecular formula is C20H22ClN5O3. The SMILES string of the molecule is CC(=O)n1c(-c2cccc([N+](=O)[O-])n2)c(NC2CCCCC2)[n+]2ccccc12.[Cl-]. The summed E-state index contributed by atoms with van der Waals surface area (Å²) in [5, 5.41) is 14.8. The van der Waals surface area contributed by atoms with Crippen molar-refractivity contribution in [3.8, 4) is 11.4 Å². The van der Waals surface area contributed by atoms with Gasteiger partial charge in [0.2, 0.25) is 17.0 Å². The Balaban J connectivity index is 0.00000240. The van der Waals surface area contributed by atoms with Crippen LogP contribution in [0.1, 0.15) is 43.8 Å². The zero-order chi connectivity index (χ0) is 19.7. The Kier molecular flexibility index (Phi) is 6.12. The molecule has 0 unspecified atom stereocenters.